The van der Waals surface area contributed by atoms with Crippen molar-refractivity contribution in [3.05, 3.63) is 63.0 Å². The minimum atomic E-state index is -0.539. The Bertz CT molecular complexity index is 1100. The van der Waals surface area contributed by atoms with Crippen molar-refractivity contribution in [3.63, 3.8) is 0 Å². The molecule has 158 valence electrons. The van der Waals surface area contributed by atoms with Crippen molar-refractivity contribution in [3.8, 4) is 5.75 Å². The maximum Gasteiger partial charge on any atom is 0.341 e. The minimum Gasteiger partial charge on any atom is -0.471 e. The van der Waals surface area contributed by atoms with Gasteiger partial charge in [0.25, 0.3) is 5.91 Å². The molecule has 0 aliphatic heterocycles. The quantitative estimate of drug-likeness (QED) is 0.521. The zero-order valence-corrected chi connectivity index (χ0v) is 18.1. The topological polar surface area (TPSA) is 82.5 Å². The highest BCUT2D eigenvalue weighted by Crippen LogP contribution is 2.33. The van der Waals surface area contributed by atoms with E-state index in [1.807, 2.05) is 13.8 Å². The molecule has 0 radical (unpaired) electrons. The van der Waals surface area contributed by atoms with Gasteiger partial charge in [0, 0.05) is 17.1 Å². The number of benzene rings is 1. The van der Waals surface area contributed by atoms with Gasteiger partial charge in [-0.25, -0.2) is 13.9 Å². The molecule has 2 heterocycles. The van der Waals surface area contributed by atoms with Crippen molar-refractivity contribution in [1.82, 2.24) is 9.78 Å². The van der Waals surface area contributed by atoms with E-state index in [0.29, 0.717) is 16.3 Å². The number of hydrogen-bond acceptors (Lipinski definition) is 6. The Hall–Kier alpha value is -2.91. The average Bonchev–Trinajstić information content (AvgIpc) is 3.28. The molecule has 0 aliphatic carbocycles. The third-order valence-electron chi connectivity index (χ3n) is 4.22. The first kappa shape index (κ1) is 21.8. The number of nitrogens with one attached hydrogen (secondary N) is 1. The van der Waals surface area contributed by atoms with Crippen molar-refractivity contribution in [1.29, 1.82) is 0 Å². The lowest BCUT2D eigenvalue weighted by atomic mass is 10.1. The van der Waals surface area contributed by atoms with E-state index in [4.69, 9.17) is 21.1 Å². The molecule has 0 fully saturated rings. The van der Waals surface area contributed by atoms with Crippen LogP contribution in [0.4, 0.5) is 9.39 Å². The average molecular weight is 452 g/mol. The molecule has 30 heavy (non-hydrogen) atoms. The molecular formula is C20H19ClFN3O4S. The van der Waals surface area contributed by atoms with Gasteiger partial charge in [-0.2, -0.15) is 5.10 Å². The van der Waals surface area contributed by atoms with Crippen molar-refractivity contribution in [2.24, 2.45) is 0 Å². The lowest BCUT2D eigenvalue weighted by molar-refractivity contribution is 0.0527. The van der Waals surface area contributed by atoms with Gasteiger partial charge in [0.1, 0.15) is 16.6 Å². The summed E-state index contributed by atoms with van der Waals surface area (Å²) >= 11 is 7.02. The highest BCUT2D eigenvalue weighted by Gasteiger charge is 2.23. The summed E-state index contributed by atoms with van der Waals surface area (Å²) in [4.78, 5) is 25.8. The van der Waals surface area contributed by atoms with Crippen LogP contribution >= 0.6 is 22.9 Å². The van der Waals surface area contributed by atoms with Gasteiger partial charge in [-0.15, -0.1) is 11.3 Å². The van der Waals surface area contributed by atoms with Gasteiger partial charge in [-0.05, 0) is 44.5 Å². The van der Waals surface area contributed by atoms with Crippen molar-refractivity contribution in [2.75, 3.05) is 11.9 Å². The predicted molar refractivity (Wildman–Crippen MR) is 112 cm³/mol. The second-order valence-electron chi connectivity index (χ2n) is 6.25. The molecule has 0 bridgehead atoms. The Labute approximate surface area is 181 Å². The first-order valence-corrected chi connectivity index (χ1v) is 10.2. The molecule has 0 unspecified atom stereocenters. The van der Waals surface area contributed by atoms with Crippen LogP contribution in [0.3, 0.4) is 0 Å². The van der Waals surface area contributed by atoms with Crippen molar-refractivity contribution < 1.29 is 23.5 Å². The number of anilines is 1. The fourth-order valence-electron chi connectivity index (χ4n) is 2.59. The Morgan fingerprint density at radius 1 is 1.30 bits per heavy atom. The molecule has 3 aromatic rings. The monoisotopic (exact) mass is 451 g/mol. The smallest absolute Gasteiger partial charge is 0.341 e. The number of aromatic nitrogens is 2. The summed E-state index contributed by atoms with van der Waals surface area (Å²) in [5.74, 6) is -1.12. The van der Waals surface area contributed by atoms with Crippen LogP contribution in [0.1, 0.15) is 38.2 Å². The van der Waals surface area contributed by atoms with Crippen LogP contribution in [-0.2, 0) is 11.5 Å². The van der Waals surface area contributed by atoms with Gasteiger partial charge < -0.3 is 14.8 Å². The molecule has 1 aromatic carbocycles. The molecular weight excluding hydrogens is 433 g/mol. The summed E-state index contributed by atoms with van der Waals surface area (Å²) in [5.41, 5.74) is 1.27. The lowest BCUT2D eigenvalue weighted by Crippen LogP contribution is -2.16. The number of esters is 1. The fraction of sp³-hybridized carbons (Fsp3) is 0.250. The van der Waals surface area contributed by atoms with E-state index < -0.39 is 17.7 Å². The second-order valence-corrected chi connectivity index (χ2v) is 7.88. The number of carbonyl (C=O) groups is 2. The van der Waals surface area contributed by atoms with Crippen LogP contribution in [0.5, 0.6) is 5.75 Å². The Kier molecular flexibility index (Phi) is 6.73. The SMILES string of the molecule is CCOC(=O)c1c(NC(=O)c2ccn(COc3ccc(F)c(Cl)c3)n2)sc(C)c1C. The molecule has 0 spiro atoms. The molecule has 0 saturated carbocycles. The predicted octanol–water partition coefficient (Wildman–Crippen LogP) is 4.82. The van der Waals surface area contributed by atoms with Crippen LogP contribution < -0.4 is 10.1 Å². The number of halogens is 2. The van der Waals surface area contributed by atoms with Crippen molar-refractivity contribution in [2.45, 2.75) is 27.5 Å². The van der Waals surface area contributed by atoms with E-state index in [0.717, 1.165) is 10.4 Å². The summed E-state index contributed by atoms with van der Waals surface area (Å²) in [6, 6.07) is 5.52. The Balaban J connectivity index is 1.69. The molecule has 1 amide bonds. The van der Waals surface area contributed by atoms with Gasteiger partial charge in [-0.3, -0.25) is 4.79 Å². The highest BCUT2D eigenvalue weighted by molar-refractivity contribution is 7.16. The van der Waals surface area contributed by atoms with Crippen LogP contribution in [0.2, 0.25) is 5.02 Å². The number of carbonyl (C=O) groups excluding carboxylic acids is 2. The minimum absolute atomic E-state index is 0.000531. The number of rotatable bonds is 7. The molecule has 0 atom stereocenters. The van der Waals surface area contributed by atoms with E-state index >= 15 is 0 Å². The van der Waals surface area contributed by atoms with E-state index in [1.54, 1.807) is 13.1 Å². The van der Waals surface area contributed by atoms with Gasteiger partial charge in [-0.1, -0.05) is 11.6 Å². The summed E-state index contributed by atoms with van der Waals surface area (Å²) in [6.45, 7) is 5.64. The largest absolute Gasteiger partial charge is 0.471 e. The van der Waals surface area contributed by atoms with Crippen LogP contribution in [-0.4, -0.2) is 28.3 Å². The zero-order chi connectivity index (χ0) is 21.8. The van der Waals surface area contributed by atoms with Crippen LogP contribution in [0, 0.1) is 19.7 Å². The van der Waals surface area contributed by atoms with E-state index in [-0.39, 0.29) is 24.1 Å². The summed E-state index contributed by atoms with van der Waals surface area (Å²) in [7, 11) is 0. The van der Waals surface area contributed by atoms with Gasteiger partial charge in [0.05, 0.1) is 17.2 Å². The van der Waals surface area contributed by atoms with Crippen LogP contribution in [0.25, 0.3) is 0 Å². The summed E-state index contributed by atoms with van der Waals surface area (Å²) < 4.78 is 25.2. The highest BCUT2D eigenvalue weighted by atomic mass is 35.5. The van der Waals surface area contributed by atoms with E-state index in [2.05, 4.69) is 10.4 Å². The van der Waals surface area contributed by atoms with Gasteiger partial charge in [0.2, 0.25) is 0 Å². The third kappa shape index (κ3) is 4.80. The number of hydrogen-bond donors (Lipinski definition) is 1. The summed E-state index contributed by atoms with van der Waals surface area (Å²) in [5, 5.41) is 7.26. The maximum absolute atomic E-state index is 13.2. The fourth-order valence-corrected chi connectivity index (χ4v) is 3.81. The first-order valence-electron chi connectivity index (χ1n) is 9.00. The molecule has 3 rings (SSSR count). The van der Waals surface area contributed by atoms with Gasteiger partial charge in [0.15, 0.2) is 12.4 Å². The standard InChI is InChI=1S/C20H19ClFN3O4S/c1-4-28-20(27)17-11(2)12(3)30-19(17)23-18(26)16-7-8-25(24-16)10-29-13-5-6-15(22)14(21)9-13/h5-9H,4,10H2,1-3H3,(H,23,26). The lowest BCUT2D eigenvalue weighted by Gasteiger charge is -2.07. The van der Waals surface area contributed by atoms with Crippen LogP contribution in [0.15, 0.2) is 30.5 Å². The molecule has 0 aliphatic rings. The Morgan fingerprint density at radius 2 is 2.07 bits per heavy atom. The molecule has 10 heteroatoms. The third-order valence-corrected chi connectivity index (χ3v) is 5.63. The maximum atomic E-state index is 13.2. The molecule has 7 nitrogen and oxygen atoms in total. The molecule has 1 N–H and O–H groups in total. The zero-order valence-electron chi connectivity index (χ0n) is 16.5. The normalized spacial score (nSPS) is 10.7. The molecule has 2 aromatic heterocycles. The molecule has 0 saturated heterocycles. The number of ether oxygens (including phenoxy) is 2. The van der Waals surface area contributed by atoms with E-state index in [1.165, 1.54) is 40.3 Å². The summed E-state index contributed by atoms with van der Waals surface area (Å²) in [6.07, 6.45) is 1.57. The number of nitrogens with zero attached hydrogens (tertiary/aromatic N) is 2. The van der Waals surface area contributed by atoms with E-state index in [9.17, 15) is 14.0 Å². The first-order chi connectivity index (χ1) is 14.3. The van der Waals surface area contributed by atoms with Gasteiger partial charge >= 0.3 is 5.97 Å². The second kappa shape index (κ2) is 9.27. The number of amides is 1. The Morgan fingerprint density at radius 3 is 2.77 bits per heavy atom. The number of aryl methyl sites for hydroxylation is 1. The number of thiophene rings is 1. The van der Waals surface area contributed by atoms with Crippen molar-refractivity contribution >= 4 is 39.8 Å².